The van der Waals surface area contributed by atoms with Gasteiger partial charge >= 0.3 is 0 Å². The van der Waals surface area contributed by atoms with Gasteiger partial charge in [-0.05, 0) is 42.0 Å². The molecule has 0 unspecified atom stereocenters. The van der Waals surface area contributed by atoms with Crippen LogP contribution in [-0.4, -0.2) is 13.4 Å². The fraction of sp³-hybridized carbons (Fsp3) is 0.458. The van der Waals surface area contributed by atoms with E-state index in [2.05, 4.69) is 48.4 Å². The molecule has 0 aromatic heterocycles. The molecule has 0 aliphatic rings. The van der Waals surface area contributed by atoms with Crippen molar-refractivity contribution in [3.8, 4) is 0 Å². The molecular formula is C24H36Cl2N2O2. The van der Waals surface area contributed by atoms with Crippen LogP contribution >= 0.6 is 23.2 Å². The SMILES string of the molecule is CC.CCCC(CCC)c1cccc(CN)c1.CONc1ccc(Cl)c(C=O)c1Cl. The van der Waals surface area contributed by atoms with Gasteiger partial charge in [-0.25, -0.2) is 0 Å². The van der Waals surface area contributed by atoms with E-state index in [0.29, 0.717) is 23.5 Å². The number of hydrogen-bond donors (Lipinski definition) is 2. The fourth-order valence-electron chi connectivity index (χ4n) is 3.01. The number of rotatable bonds is 9. The van der Waals surface area contributed by atoms with E-state index in [1.165, 1.54) is 43.9 Å². The molecule has 0 heterocycles. The minimum atomic E-state index is 0.254. The average Bonchev–Trinajstić information content (AvgIpc) is 2.78. The third kappa shape index (κ3) is 9.48. The first kappa shape index (κ1) is 28.4. The first-order valence-electron chi connectivity index (χ1n) is 10.5. The molecule has 0 saturated carbocycles. The van der Waals surface area contributed by atoms with E-state index in [0.717, 1.165) is 5.92 Å². The molecule has 0 aliphatic heterocycles. The van der Waals surface area contributed by atoms with Gasteiger partial charge in [-0.15, -0.1) is 0 Å². The van der Waals surface area contributed by atoms with Gasteiger partial charge in [-0.1, -0.05) is 88.0 Å². The second-order valence-corrected chi connectivity index (χ2v) is 7.26. The van der Waals surface area contributed by atoms with Crippen LogP contribution in [0.15, 0.2) is 36.4 Å². The van der Waals surface area contributed by atoms with E-state index < -0.39 is 0 Å². The molecule has 3 N–H and O–H groups in total. The van der Waals surface area contributed by atoms with Gasteiger partial charge in [0.05, 0.1) is 28.4 Å². The molecule has 0 atom stereocenters. The van der Waals surface area contributed by atoms with Crippen molar-refractivity contribution in [2.24, 2.45) is 5.73 Å². The Morgan fingerprint density at radius 1 is 1.10 bits per heavy atom. The van der Waals surface area contributed by atoms with Crippen LogP contribution in [0.3, 0.4) is 0 Å². The zero-order chi connectivity index (χ0) is 22.9. The van der Waals surface area contributed by atoms with Gasteiger partial charge in [0, 0.05) is 6.54 Å². The van der Waals surface area contributed by atoms with Crippen molar-refractivity contribution in [3.05, 3.63) is 63.1 Å². The third-order valence-corrected chi connectivity index (χ3v) is 5.13. The normalized spacial score (nSPS) is 9.90. The maximum atomic E-state index is 10.6. The van der Waals surface area contributed by atoms with Crippen molar-refractivity contribution in [1.82, 2.24) is 0 Å². The van der Waals surface area contributed by atoms with Gasteiger partial charge in [0.15, 0.2) is 6.29 Å². The maximum Gasteiger partial charge on any atom is 0.153 e. The predicted octanol–water partition coefficient (Wildman–Crippen LogP) is 7.63. The highest BCUT2D eigenvalue weighted by atomic mass is 35.5. The van der Waals surface area contributed by atoms with Crippen molar-refractivity contribution in [1.29, 1.82) is 0 Å². The summed E-state index contributed by atoms with van der Waals surface area (Å²) < 4.78 is 0. The van der Waals surface area contributed by atoms with Gasteiger partial charge in [0.2, 0.25) is 0 Å². The van der Waals surface area contributed by atoms with Gasteiger partial charge in [0.25, 0.3) is 0 Å². The highest BCUT2D eigenvalue weighted by Gasteiger charge is 2.10. The zero-order valence-corrected chi connectivity index (χ0v) is 20.3. The largest absolute Gasteiger partial charge is 0.326 e. The second kappa shape index (κ2) is 17.1. The van der Waals surface area contributed by atoms with Crippen molar-refractivity contribution in [2.45, 2.75) is 65.8 Å². The number of benzene rings is 2. The molecule has 4 nitrogen and oxygen atoms in total. The molecular weight excluding hydrogens is 419 g/mol. The Morgan fingerprint density at radius 3 is 2.23 bits per heavy atom. The van der Waals surface area contributed by atoms with Crippen molar-refractivity contribution in [3.63, 3.8) is 0 Å². The Kier molecular flexibility index (Phi) is 16.2. The number of halogens is 2. The lowest BCUT2D eigenvalue weighted by Gasteiger charge is -2.16. The number of carbonyl (C=O) groups is 1. The summed E-state index contributed by atoms with van der Waals surface area (Å²) in [6, 6.07) is 12.0. The summed E-state index contributed by atoms with van der Waals surface area (Å²) in [5.41, 5.74) is 11.7. The van der Waals surface area contributed by atoms with Crippen LogP contribution in [0, 0.1) is 0 Å². The van der Waals surface area contributed by atoms with E-state index in [9.17, 15) is 4.79 Å². The van der Waals surface area contributed by atoms with E-state index >= 15 is 0 Å². The van der Waals surface area contributed by atoms with Crippen molar-refractivity contribution in [2.75, 3.05) is 12.6 Å². The topological polar surface area (TPSA) is 64.3 Å². The maximum absolute atomic E-state index is 10.6. The van der Waals surface area contributed by atoms with Gasteiger partial charge in [0.1, 0.15) is 0 Å². The van der Waals surface area contributed by atoms with Crippen LogP contribution in [0.4, 0.5) is 5.69 Å². The number of anilines is 1. The molecule has 2 aromatic carbocycles. The fourth-order valence-corrected chi connectivity index (χ4v) is 3.51. The van der Waals surface area contributed by atoms with Crippen LogP contribution in [0.2, 0.25) is 10.0 Å². The molecule has 0 bridgehead atoms. The lowest BCUT2D eigenvalue weighted by atomic mass is 9.89. The molecule has 2 aromatic rings. The number of nitrogens with one attached hydrogen (secondary N) is 1. The first-order chi connectivity index (χ1) is 14.5. The zero-order valence-electron chi connectivity index (χ0n) is 18.8. The van der Waals surface area contributed by atoms with Crippen LogP contribution in [-0.2, 0) is 11.4 Å². The van der Waals surface area contributed by atoms with Crippen LogP contribution in [0.1, 0.15) is 80.8 Å². The summed E-state index contributed by atoms with van der Waals surface area (Å²) in [7, 11) is 1.45. The van der Waals surface area contributed by atoms with Crippen molar-refractivity contribution >= 4 is 35.2 Å². The lowest BCUT2D eigenvalue weighted by molar-refractivity contribution is 0.112. The van der Waals surface area contributed by atoms with Crippen LogP contribution in [0.25, 0.3) is 0 Å². The van der Waals surface area contributed by atoms with E-state index in [-0.39, 0.29) is 10.6 Å². The third-order valence-electron chi connectivity index (χ3n) is 4.39. The summed E-state index contributed by atoms with van der Waals surface area (Å²) in [5.74, 6) is 0.728. The van der Waals surface area contributed by atoms with Crippen LogP contribution < -0.4 is 11.2 Å². The Balaban J connectivity index is 0.000000522. The summed E-state index contributed by atoms with van der Waals surface area (Å²) in [5, 5.41) is 0.575. The van der Waals surface area contributed by atoms with E-state index in [4.69, 9.17) is 28.9 Å². The van der Waals surface area contributed by atoms with E-state index in [1.54, 1.807) is 12.1 Å². The average molecular weight is 455 g/mol. The summed E-state index contributed by atoms with van der Waals surface area (Å²) in [6.07, 6.45) is 5.71. The second-order valence-electron chi connectivity index (χ2n) is 6.47. The molecule has 0 aliphatic carbocycles. The minimum Gasteiger partial charge on any atom is -0.326 e. The monoisotopic (exact) mass is 454 g/mol. The Bertz CT molecular complexity index is 733. The smallest absolute Gasteiger partial charge is 0.153 e. The highest BCUT2D eigenvalue weighted by Crippen LogP contribution is 2.30. The summed E-state index contributed by atoms with van der Waals surface area (Å²) in [4.78, 5) is 15.2. The number of aldehydes is 1. The molecule has 0 spiro atoms. The summed E-state index contributed by atoms with van der Waals surface area (Å²) >= 11 is 11.6. The van der Waals surface area contributed by atoms with Crippen LogP contribution in [0.5, 0.6) is 0 Å². The Morgan fingerprint density at radius 2 is 1.73 bits per heavy atom. The molecule has 2 rings (SSSR count). The Labute approximate surface area is 192 Å². The lowest BCUT2D eigenvalue weighted by Crippen LogP contribution is -2.01. The first-order valence-corrected chi connectivity index (χ1v) is 11.3. The molecule has 168 valence electrons. The molecule has 0 saturated heterocycles. The number of carbonyl (C=O) groups excluding carboxylic acids is 1. The highest BCUT2D eigenvalue weighted by molar-refractivity contribution is 6.40. The minimum absolute atomic E-state index is 0.254. The Hall–Kier alpha value is -1.59. The molecule has 0 fully saturated rings. The standard InChI is InChI=1S/C14H23N.C8H7Cl2NO2.C2H6/c1-3-6-13(7-4-2)14-9-5-8-12(10-14)11-15;1-13-11-7-3-2-6(9)5(4-12)8(7)10;1-2/h5,8-10,13H,3-4,6-7,11,15H2,1-2H3;2-4,11H,1H3;1-2H3. The van der Waals surface area contributed by atoms with E-state index in [1.807, 2.05) is 13.8 Å². The van der Waals surface area contributed by atoms with Crippen molar-refractivity contribution < 1.29 is 9.63 Å². The number of nitrogens with two attached hydrogens (primary N) is 1. The molecule has 0 radical (unpaired) electrons. The predicted molar refractivity (Wildman–Crippen MR) is 131 cm³/mol. The number of hydrogen-bond acceptors (Lipinski definition) is 4. The molecule has 6 heteroatoms. The van der Waals surface area contributed by atoms with Gasteiger partial charge < -0.3 is 5.73 Å². The summed E-state index contributed by atoms with van der Waals surface area (Å²) in [6.45, 7) is 9.17. The van der Waals surface area contributed by atoms with Gasteiger partial charge in [-0.2, -0.15) is 0 Å². The quantitative estimate of drug-likeness (QED) is 0.301. The van der Waals surface area contributed by atoms with Gasteiger partial charge in [-0.3, -0.25) is 15.1 Å². The molecule has 0 amide bonds. The molecule has 30 heavy (non-hydrogen) atoms.